The Morgan fingerprint density at radius 2 is 2.09 bits per heavy atom. The summed E-state index contributed by atoms with van der Waals surface area (Å²) >= 11 is 12.5. The number of rotatable bonds is 5. The Bertz CT molecular complexity index is 501. The lowest BCUT2D eigenvalue weighted by Gasteiger charge is -2.33. The summed E-state index contributed by atoms with van der Waals surface area (Å²) in [6.45, 7) is 6.57. The minimum atomic E-state index is 0.0593. The summed E-state index contributed by atoms with van der Waals surface area (Å²) < 4.78 is 0. The Balaban J connectivity index is 1.97. The standard InChI is InChI=1S/C17H24Cl2N2O/c1-3-12(2)20-17(22)13-6-5-9-21(10-13)11-14-15(18)7-4-8-16(14)19/h4,7-8,12-13H,3,5-6,9-11H2,1-2H3,(H,20,22). The fourth-order valence-corrected chi connectivity index (χ4v) is 3.30. The third kappa shape index (κ3) is 4.61. The molecule has 3 nitrogen and oxygen atoms in total. The topological polar surface area (TPSA) is 32.3 Å². The van der Waals surface area contributed by atoms with Gasteiger partial charge >= 0.3 is 0 Å². The molecule has 0 aliphatic carbocycles. The van der Waals surface area contributed by atoms with Gasteiger partial charge in [-0.1, -0.05) is 36.2 Å². The predicted octanol–water partition coefficient (Wildman–Crippen LogP) is 4.12. The maximum absolute atomic E-state index is 12.3. The van der Waals surface area contributed by atoms with Crippen molar-refractivity contribution in [2.75, 3.05) is 13.1 Å². The highest BCUT2D eigenvalue weighted by Gasteiger charge is 2.27. The van der Waals surface area contributed by atoms with E-state index in [1.807, 2.05) is 25.1 Å². The predicted molar refractivity (Wildman–Crippen MR) is 92.4 cm³/mol. The van der Waals surface area contributed by atoms with Crippen molar-refractivity contribution in [3.05, 3.63) is 33.8 Å². The Labute approximate surface area is 143 Å². The molecule has 1 fully saturated rings. The highest BCUT2D eigenvalue weighted by Crippen LogP contribution is 2.27. The van der Waals surface area contributed by atoms with Crippen molar-refractivity contribution in [3.63, 3.8) is 0 Å². The van der Waals surface area contributed by atoms with E-state index in [0.29, 0.717) is 16.6 Å². The Morgan fingerprint density at radius 1 is 1.41 bits per heavy atom. The lowest BCUT2D eigenvalue weighted by Crippen LogP contribution is -2.44. The first-order valence-corrected chi connectivity index (χ1v) is 8.72. The zero-order chi connectivity index (χ0) is 16.1. The van der Waals surface area contributed by atoms with Crippen LogP contribution < -0.4 is 5.32 Å². The van der Waals surface area contributed by atoms with Crippen LogP contribution in [0.2, 0.25) is 10.0 Å². The fourth-order valence-electron chi connectivity index (χ4n) is 2.78. The number of piperidine rings is 1. The van der Waals surface area contributed by atoms with Crippen molar-refractivity contribution in [1.29, 1.82) is 0 Å². The molecule has 2 atom stereocenters. The second kappa shape index (κ2) is 8.19. The van der Waals surface area contributed by atoms with Gasteiger partial charge in [0.2, 0.25) is 5.91 Å². The number of amides is 1. The van der Waals surface area contributed by atoms with Gasteiger partial charge in [-0.3, -0.25) is 9.69 Å². The summed E-state index contributed by atoms with van der Waals surface area (Å²) in [5.41, 5.74) is 0.953. The first kappa shape index (κ1) is 17.6. The van der Waals surface area contributed by atoms with Gasteiger partial charge in [0.05, 0.1) is 5.92 Å². The summed E-state index contributed by atoms with van der Waals surface area (Å²) in [6, 6.07) is 5.81. The van der Waals surface area contributed by atoms with Crippen molar-refractivity contribution in [3.8, 4) is 0 Å². The molecule has 0 radical (unpaired) electrons. The van der Waals surface area contributed by atoms with Crippen molar-refractivity contribution in [2.45, 2.75) is 45.7 Å². The molecule has 1 N–H and O–H groups in total. The highest BCUT2D eigenvalue weighted by atomic mass is 35.5. The number of nitrogens with zero attached hydrogens (tertiary/aromatic N) is 1. The molecular formula is C17H24Cl2N2O. The normalized spacial score (nSPS) is 20.6. The first-order chi connectivity index (χ1) is 10.5. The van der Waals surface area contributed by atoms with E-state index in [9.17, 15) is 4.79 Å². The van der Waals surface area contributed by atoms with Crippen LogP contribution in [0.25, 0.3) is 0 Å². The Hall–Kier alpha value is -0.770. The number of benzene rings is 1. The van der Waals surface area contributed by atoms with Gasteiger partial charge in [0.15, 0.2) is 0 Å². The van der Waals surface area contributed by atoms with Crippen molar-refractivity contribution < 1.29 is 4.79 Å². The van der Waals surface area contributed by atoms with E-state index in [1.54, 1.807) is 0 Å². The van der Waals surface area contributed by atoms with Crippen LogP contribution in [0.5, 0.6) is 0 Å². The lowest BCUT2D eigenvalue weighted by molar-refractivity contribution is -0.127. The third-order valence-corrected chi connectivity index (χ3v) is 5.03. The minimum Gasteiger partial charge on any atom is -0.353 e. The van der Waals surface area contributed by atoms with E-state index in [0.717, 1.165) is 37.9 Å². The van der Waals surface area contributed by atoms with E-state index >= 15 is 0 Å². The number of nitrogens with one attached hydrogen (secondary N) is 1. The number of halogens is 2. The van der Waals surface area contributed by atoms with Crippen LogP contribution in [0.4, 0.5) is 0 Å². The molecule has 1 aliphatic rings. The second-order valence-electron chi connectivity index (χ2n) is 6.09. The highest BCUT2D eigenvalue weighted by molar-refractivity contribution is 6.35. The van der Waals surface area contributed by atoms with Crippen LogP contribution in [0, 0.1) is 5.92 Å². The van der Waals surface area contributed by atoms with E-state index in [4.69, 9.17) is 23.2 Å². The van der Waals surface area contributed by atoms with Gasteiger partial charge in [-0.25, -0.2) is 0 Å². The number of hydrogen-bond donors (Lipinski definition) is 1. The first-order valence-electron chi connectivity index (χ1n) is 7.96. The van der Waals surface area contributed by atoms with Gasteiger partial charge in [0, 0.05) is 34.7 Å². The van der Waals surface area contributed by atoms with Gasteiger partial charge in [-0.15, -0.1) is 0 Å². The van der Waals surface area contributed by atoms with E-state index in [1.165, 1.54) is 0 Å². The second-order valence-corrected chi connectivity index (χ2v) is 6.91. The SMILES string of the molecule is CCC(C)NC(=O)C1CCCN(Cc2c(Cl)cccc2Cl)C1. The summed E-state index contributed by atoms with van der Waals surface area (Å²) in [7, 11) is 0. The van der Waals surface area contributed by atoms with E-state index < -0.39 is 0 Å². The molecule has 2 unspecified atom stereocenters. The number of carbonyl (C=O) groups excluding carboxylic acids is 1. The molecule has 1 aliphatic heterocycles. The van der Waals surface area contributed by atoms with Crippen molar-refractivity contribution >= 4 is 29.1 Å². The van der Waals surface area contributed by atoms with Gasteiger partial charge in [-0.05, 0) is 44.9 Å². The fraction of sp³-hybridized carbons (Fsp3) is 0.588. The van der Waals surface area contributed by atoms with Crippen molar-refractivity contribution in [1.82, 2.24) is 10.2 Å². The van der Waals surface area contributed by atoms with Gasteiger partial charge in [0.1, 0.15) is 0 Å². The molecule has 0 spiro atoms. The summed E-state index contributed by atoms with van der Waals surface area (Å²) in [5, 5.41) is 4.48. The van der Waals surface area contributed by atoms with Crippen LogP contribution >= 0.6 is 23.2 Å². The molecular weight excluding hydrogens is 319 g/mol. The van der Waals surface area contributed by atoms with Crippen LogP contribution in [0.3, 0.4) is 0 Å². The molecule has 22 heavy (non-hydrogen) atoms. The summed E-state index contributed by atoms with van der Waals surface area (Å²) in [4.78, 5) is 14.6. The van der Waals surface area contributed by atoms with Crippen LogP contribution in [0.15, 0.2) is 18.2 Å². The summed E-state index contributed by atoms with van der Waals surface area (Å²) in [6.07, 6.45) is 2.94. The van der Waals surface area contributed by atoms with Crippen LogP contribution in [-0.2, 0) is 11.3 Å². The van der Waals surface area contributed by atoms with Crippen molar-refractivity contribution in [2.24, 2.45) is 5.92 Å². The number of carbonyl (C=O) groups is 1. The quantitative estimate of drug-likeness (QED) is 0.872. The van der Waals surface area contributed by atoms with E-state index in [2.05, 4.69) is 17.1 Å². The average Bonchev–Trinajstić information content (AvgIpc) is 2.51. The Morgan fingerprint density at radius 3 is 2.73 bits per heavy atom. The van der Waals surface area contributed by atoms with Crippen LogP contribution in [-0.4, -0.2) is 29.9 Å². The molecule has 1 aromatic rings. The average molecular weight is 343 g/mol. The minimum absolute atomic E-state index is 0.0593. The van der Waals surface area contributed by atoms with Gasteiger partial charge in [0.25, 0.3) is 0 Å². The lowest BCUT2D eigenvalue weighted by atomic mass is 9.96. The molecule has 0 saturated carbocycles. The number of hydrogen-bond acceptors (Lipinski definition) is 2. The number of likely N-dealkylation sites (tertiary alicyclic amines) is 1. The largest absolute Gasteiger partial charge is 0.353 e. The zero-order valence-corrected chi connectivity index (χ0v) is 14.8. The maximum atomic E-state index is 12.3. The molecule has 1 amide bonds. The molecule has 0 bridgehead atoms. The molecule has 1 heterocycles. The van der Waals surface area contributed by atoms with Gasteiger partial charge < -0.3 is 5.32 Å². The zero-order valence-electron chi connectivity index (χ0n) is 13.2. The van der Waals surface area contributed by atoms with Gasteiger partial charge in [-0.2, -0.15) is 0 Å². The Kier molecular flexibility index (Phi) is 6.54. The smallest absolute Gasteiger partial charge is 0.224 e. The molecule has 0 aromatic heterocycles. The van der Waals surface area contributed by atoms with Crippen LogP contribution in [0.1, 0.15) is 38.7 Å². The maximum Gasteiger partial charge on any atom is 0.224 e. The molecule has 5 heteroatoms. The summed E-state index contributed by atoms with van der Waals surface area (Å²) in [5.74, 6) is 0.230. The molecule has 2 rings (SSSR count). The molecule has 1 aromatic carbocycles. The third-order valence-electron chi connectivity index (χ3n) is 4.32. The van der Waals surface area contributed by atoms with E-state index in [-0.39, 0.29) is 17.9 Å². The molecule has 1 saturated heterocycles. The molecule has 122 valence electrons. The monoisotopic (exact) mass is 342 g/mol.